The fourth-order valence-corrected chi connectivity index (χ4v) is 3.06. The molecular formula is C16H12N2O2S. The van der Waals surface area contributed by atoms with Crippen molar-refractivity contribution in [2.45, 2.75) is 0 Å². The molecule has 5 heteroatoms. The number of nitriles is 1. The summed E-state index contributed by atoms with van der Waals surface area (Å²) in [5.74, 6) is 0.554. The molecule has 0 saturated carbocycles. The first kappa shape index (κ1) is 13.4. The molecule has 2 heterocycles. The Morgan fingerprint density at radius 3 is 3.00 bits per heavy atom. The highest BCUT2D eigenvalue weighted by molar-refractivity contribution is 7.16. The first-order chi connectivity index (χ1) is 10.2. The third-order valence-corrected chi connectivity index (χ3v) is 4.30. The Hall–Kier alpha value is -2.58. The van der Waals surface area contributed by atoms with Crippen molar-refractivity contribution in [1.29, 1.82) is 5.26 Å². The molecule has 2 aromatic rings. The SMILES string of the molecule is C=CC(=O)N1CCOc2ccc(-c3ccc(C#N)s3)cc21. The standard InChI is InChI=1S/C16H12N2O2S/c1-2-16(19)18-7-8-20-14-5-3-11(9-13(14)18)15-6-4-12(10-17)21-15/h2-6,9H,1,7-8H2. The monoisotopic (exact) mass is 296 g/mol. The van der Waals surface area contributed by atoms with E-state index in [0.29, 0.717) is 23.8 Å². The van der Waals surface area contributed by atoms with Gasteiger partial charge in [-0.05, 0) is 42.0 Å². The van der Waals surface area contributed by atoms with Gasteiger partial charge in [-0.15, -0.1) is 11.3 Å². The fraction of sp³-hybridized carbons (Fsp3) is 0.125. The molecule has 0 bridgehead atoms. The summed E-state index contributed by atoms with van der Waals surface area (Å²) in [4.78, 5) is 15.3. The average molecular weight is 296 g/mol. The van der Waals surface area contributed by atoms with Crippen molar-refractivity contribution in [1.82, 2.24) is 0 Å². The minimum Gasteiger partial charge on any atom is -0.490 e. The zero-order valence-electron chi connectivity index (χ0n) is 11.2. The van der Waals surface area contributed by atoms with Crippen molar-refractivity contribution in [2.75, 3.05) is 18.1 Å². The number of ether oxygens (including phenoxy) is 1. The van der Waals surface area contributed by atoms with Gasteiger partial charge in [0.15, 0.2) is 0 Å². The Morgan fingerprint density at radius 1 is 1.43 bits per heavy atom. The molecule has 0 fully saturated rings. The van der Waals surface area contributed by atoms with E-state index < -0.39 is 0 Å². The summed E-state index contributed by atoms with van der Waals surface area (Å²) in [5, 5.41) is 8.91. The van der Waals surface area contributed by atoms with E-state index in [9.17, 15) is 4.79 Å². The zero-order chi connectivity index (χ0) is 14.8. The first-order valence-corrected chi connectivity index (χ1v) is 7.25. The number of thiophene rings is 1. The maximum absolute atomic E-state index is 11.9. The van der Waals surface area contributed by atoms with Crippen LogP contribution in [0.1, 0.15) is 4.88 Å². The minimum absolute atomic E-state index is 0.138. The van der Waals surface area contributed by atoms with E-state index in [0.717, 1.165) is 16.1 Å². The number of carbonyl (C=O) groups is 1. The van der Waals surface area contributed by atoms with E-state index in [1.165, 1.54) is 17.4 Å². The van der Waals surface area contributed by atoms with Crippen LogP contribution >= 0.6 is 11.3 Å². The van der Waals surface area contributed by atoms with Gasteiger partial charge in [0.25, 0.3) is 5.91 Å². The summed E-state index contributed by atoms with van der Waals surface area (Å²) in [5.41, 5.74) is 1.71. The van der Waals surface area contributed by atoms with E-state index in [1.807, 2.05) is 24.3 Å². The molecule has 4 nitrogen and oxygen atoms in total. The number of nitrogens with zero attached hydrogens (tertiary/aromatic N) is 2. The van der Waals surface area contributed by atoms with Crippen molar-refractivity contribution < 1.29 is 9.53 Å². The number of fused-ring (bicyclic) bond motifs is 1. The van der Waals surface area contributed by atoms with Crippen molar-refractivity contribution in [2.24, 2.45) is 0 Å². The zero-order valence-corrected chi connectivity index (χ0v) is 12.0. The number of anilines is 1. The second-order valence-corrected chi connectivity index (χ2v) is 5.58. The predicted molar refractivity (Wildman–Crippen MR) is 82.5 cm³/mol. The highest BCUT2D eigenvalue weighted by Crippen LogP contribution is 2.37. The van der Waals surface area contributed by atoms with Gasteiger partial charge in [-0.2, -0.15) is 5.26 Å². The van der Waals surface area contributed by atoms with Crippen LogP contribution < -0.4 is 9.64 Å². The molecule has 1 aliphatic rings. The van der Waals surface area contributed by atoms with Crippen LogP contribution in [0.15, 0.2) is 43.0 Å². The minimum atomic E-state index is -0.138. The molecule has 0 spiro atoms. The van der Waals surface area contributed by atoms with Crippen molar-refractivity contribution >= 4 is 22.9 Å². The second kappa shape index (κ2) is 5.43. The van der Waals surface area contributed by atoms with E-state index in [1.54, 1.807) is 11.0 Å². The Morgan fingerprint density at radius 2 is 2.29 bits per heavy atom. The van der Waals surface area contributed by atoms with Crippen molar-refractivity contribution in [3.63, 3.8) is 0 Å². The quantitative estimate of drug-likeness (QED) is 0.800. The summed E-state index contributed by atoms with van der Waals surface area (Å²) < 4.78 is 5.59. The average Bonchev–Trinajstić information content (AvgIpc) is 3.02. The van der Waals surface area contributed by atoms with Crippen LogP contribution in [0.3, 0.4) is 0 Å². The summed E-state index contributed by atoms with van der Waals surface area (Å²) >= 11 is 1.43. The molecule has 0 N–H and O–H groups in total. The number of carbonyl (C=O) groups excluding carboxylic acids is 1. The van der Waals surface area contributed by atoms with Gasteiger partial charge in [0.05, 0.1) is 12.2 Å². The molecule has 104 valence electrons. The highest BCUT2D eigenvalue weighted by Gasteiger charge is 2.22. The molecule has 1 aromatic carbocycles. The lowest BCUT2D eigenvalue weighted by molar-refractivity contribution is -0.114. The maximum atomic E-state index is 11.9. The van der Waals surface area contributed by atoms with E-state index >= 15 is 0 Å². The molecule has 1 aliphatic heterocycles. The van der Waals surface area contributed by atoms with E-state index in [2.05, 4.69) is 12.6 Å². The van der Waals surface area contributed by atoms with Gasteiger partial charge in [-0.1, -0.05) is 6.58 Å². The molecule has 0 unspecified atom stereocenters. The predicted octanol–water partition coefficient (Wildman–Crippen LogP) is 3.20. The second-order valence-electron chi connectivity index (χ2n) is 4.50. The third-order valence-electron chi connectivity index (χ3n) is 3.26. The van der Waals surface area contributed by atoms with Gasteiger partial charge in [0, 0.05) is 4.88 Å². The molecule has 3 rings (SSSR count). The Balaban J connectivity index is 2.05. The third kappa shape index (κ3) is 2.41. The summed E-state index contributed by atoms with van der Waals surface area (Å²) in [6, 6.07) is 11.6. The van der Waals surface area contributed by atoms with Crippen LogP contribution in [0.4, 0.5) is 5.69 Å². The number of rotatable bonds is 2. The molecule has 1 amide bonds. The van der Waals surface area contributed by atoms with Gasteiger partial charge >= 0.3 is 0 Å². The Labute approximate surface area is 126 Å². The summed E-state index contributed by atoms with van der Waals surface area (Å²) in [6.45, 7) is 4.52. The van der Waals surface area contributed by atoms with Crippen LogP contribution in [-0.2, 0) is 4.79 Å². The topological polar surface area (TPSA) is 53.3 Å². The Bertz CT molecular complexity index is 758. The highest BCUT2D eigenvalue weighted by atomic mass is 32.1. The Kier molecular flexibility index (Phi) is 3.46. The lowest BCUT2D eigenvalue weighted by Crippen LogP contribution is -2.36. The molecule has 0 radical (unpaired) electrons. The van der Waals surface area contributed by atoms with E-state index in [4.69, 9.17) is 10.00 Å². The molecule has 0 atom stereocenters. The number of benzene rings is 1. The summed E-state index contributed by atoms with van der Waals surface area (Å²) in [7, 11) is 0. The molecule has 0 saturated heterocycles. The first-order valence-electron chi connectivity index (χ1n) is 6.44. The molecular weight excluding hydrogens is 284 g/mol. The molecule has 21 heavy (non-hydrogen) atoms. The van der Waals surface area contributed by atoms with Crippen LogP contribution in [-0.4, -0.2) is 19.1 Å². The van der Waals surface area contributed by atoms with Gasteiger partial charge in [0.2, 0.25) is 0 Å². The van der Waals surface area contributed by atoms with Crippen molar-refractivity contribution in [3.8, 4) is 22.3 Å². The van der Waals surface area contributed by atoms with E-state index in [-0.39, 0.29) is 5.91 Å². The van der Waals surface area contributed by atoms with Gasteiger partial charge in [-0.25, -0.2) is 0 Å². The van der Waals surface area contributed by atoms with Crippen LogP contribution in [0.5, 0.6) is 5.75 Å². The normalized spacial score (nSPS) is 13.0. The number of hydrogen-bond donors (Lipinski definition) is 0. The van der Waals surface area contributed by atoms with Gasteiger partial charge in [0.1, 0.15) is 23.3 Å². The van der Waals surface area contributed by atoms with Crippen LogP contribution in [0.2, 0.25) is 0 Å². The van der Waals surface area contributed by atoms with Gasteiger partial charge < -0.3 is 9.64 Å². The van der Waals surface area contributed by atoms with Crippen LogP contribution in [0, 0.1) is 11.3 Å². The lowest BCUT2D eigenvalue weighted by atomic mass is 10.1. The maximum Gasteiger partial charge on any atom is 0.250 e. The molecule has 0 aliphatic carbocycles. The molecule has 1 aromatic heterocycles. The number of hydrogen-bond acceptors (Lipinski definition) is 4. The lowest BCUT2D eigenvalue weighted by Gasteiger charge is -2.29. The summed E-state index contributed by atoms with van der Waals surface area (Å²) in [6.07, 6.45) is 1.31. The number of amides is 1. The van der Waals surface area contributed by atoms with Crippen LogP contribution in [0.25, 0.3) is 10.4 Å². The fourth-order valence-electron chi connectivity index (χ4n) is 2.26. The van der Waals surface area contributed by atoms with Crippen molar-refractivity contribution in [3.05, 3.63) is 47.9 Å². The van der Waals surface area contributed by atoms with Gasteiger partial charge in [-0.3, -0.25) is 4.79 Å². The largest absolute Gasteiger partial charge is 0.490 e. The smallest absolute Gasteiger partial charge is 0.250 e.